The van der Waals surface area contributed by atoms with Crippen LogP contribution in [-0.4, -0.2) is 58.4 Å². The molecule has 0 spiro atoms. The Labute approximate surface area is 185 Å². The van der Waals surface area contributed by atoms with Gasteiger partial charge in [0.15, 0.2) is 5.96 Å². The summed E-state index contributed by atoms with van der Waals surface area (Å²) in [5.74, 6) is 1.01. The molecule has 1 fully saturated rings. The van der Waals surface area contributed by atoms with E-state index >= 15 is 0 Å². The van der Waals surface area contributed by atoms with Crippen LogP contribution in [0.4, 0.5) is 5.69 Å². The topological polar surface area (TPSA) is 75.2 Å². The van der Waals surface area contributed by atoms with Gasteiger partial charge < -0.3 is 25.0 Å². The van der Waals surface area contributed by atoms with Crippen LogP contribution >= 0.6 is 24.0 Å². The molecular weight excluding hydrogens is 471 g/mol. The van der Waals surface area contributed by atoms with Crippen LogP contribution in [0.3, 0.4) is 0 Å². The first kappa shape index (κ1) is 24.6. The highest BCUT2D eigenvalue weighted by atomic mass is 127. The van der Waals surface area contributed by atoms with Gasteiger partial charge in [0.05, 0.1) is 19.8 Å². The molecule has 0 atom stereocenters. The first-order valence-electron chi connectivity index (χ1n) is 9.72. The summed E-state index contributed by atoms with van der Waals surface area (Å²) in [6.07, 6.45) is 2.51. The number of amides is 1. The lowest BCUT2D eigenvalue weighted by Crippen LogP contribution is -2.38. The van der Waals surface area contributed by atoms with Crippen molar-refractivity contribution in [1.82, 2.24) is 10.6 Å². The fourth-order valence-corrected chi connectivity index (χ4v) is 2.84. The molecule has 7 nitrogen and oxygen atoms in total. The number of nitrogens with one attached hydrogen (secondary N) is 2. The molecule has 2 rings (SSSR count). The Morgan fingerprint density at radius 1 is 1.18 bits per heavy atom. The van der Waals surface area contributed by atoms with Crippen molar-refractivity contribution in [1.29, 1.82) is 0 Å². The average Bonchev–Trinajstić information content (AvgIpc) is 3.11. The minimum Gasteiger partial charge on any atom is -0.382 e. The number of rotatable bonds is 11. The minimum atomic E-state index is 0. The van der Waals surface area contributed by atoms with Crippen LogP contribution in [0.1, 0.15) is 31.7 Å². The Morgan fingerprint density at radius 3 is 2.61 bits per heavy atom. The van der Waals surface area contributed by atoms with E-state index in [1.165, 1.54) is 0 Å². The Hall–Kier alpha value is -1.39. The Bertz CT molecular complexity index is 596. The number of carbonyl (C=O) groups excluding carboxylic acids is 1. The van der Waals surface area contributed by atoms with Crippen molar-refractivity contribution < 1.29 is 14.3 Å². The van der Waals surface area contributed by atoms with Crippen LogP contribution in [-0.2, 0) is 20.8 Å². The molecule has 1 aliphatic rings. The van der Waals surface area contributed by atoms with Gasteiger partial charge in [-0.1, -0.05) is 12.1 Å². The smallest absolute Gasteiger partial charge is 0.227 e. The van der Waals surface area contributed by atoms with Crippen LogP contribution in [0.25, 0.3) is 0 Å². The lowest BCUT2D eigenvalue weighted by molar-refractivity contribution is -0.117. The number of hydrogen-bond donors (Lipinski definition) is 2. The molecule has 1 aromatic rings. The fraction of sp³-hybridized carbons (Fsp3) is 0.600. The van der Waals surface area contributed by atoms with Gasteiger partial charge in [-0.3, -0.25) is 4.79 Å². The maximum Gasteiger partial charge on any atom is 0.227 e. The summed E-state index contributed by atoms with van der Waals surface area (Å²) in [5.41, 5.74) is 2.09. The number of carbonyl (C=O) groups is 1. The maximum absolute atomic E-state index is 11.8. The number of ether oxygens (including phenoxy) is 2. The molecule has 1 aromatic carbocycles. The van der Waals surface area contributed by atoms with Crippen molar-refractivity contribution in [3.63, 3.8) is 0 Å². The number of aliphatic imine (C=N–C) groups is 1. The van der Waals surface area contributed by atoms with E-state index in [2.05, 4.69) is 15.6 Å². The molecule has 0 aliphatic carbocycles. The third-order valence-corrected chi connectivity index (χ3v) is 4.28. The summed E-state index contributed by atoms with van der Waals surface area (Å²) < 4.78 is 10.4. The largest absolute Gasteiger partial charge is 0.382 e. The van der Waals surface area contributed by atoms with Crippen molar-refractivity contribution >= 4 is 41.5 Å². The van der Waals surface area contributed by atoms with Gasteiger partial charge in [0.1, 0.15) is 0 Å². The summed E-state index contributed by atoms with van der Waals surface area (Å²) >= 11 is 0. The molecule has 2 N–H and O–H groups in total. The van der Waals surface area contributed by atoms with E-state index < -0.39 is 0 Å². The molecule has 0 saturated carbocycles. The molecule has 0 unspecified atom stereocenters. The van der Waals surface area contributed by atoms with E-state index in [1.54, 1.807) is 7.11 Å². The van der Waals surface area contributed by atoms with Gasteiger partial charge in [-0.2, -0.15) is 0 Å². The number of methoxy groups -OCH3 is 1. The summed E-state index contributed by atoms with van der Waals surface area (Å²) in [6.45, 7) is 7.03. The predicted molar refractivity (Wildman–Crippen MR) is 124 cm³/mol. The molecule has 0 bridgehead atoms. The molecule has 158 valence electrons. The maximum atomic E-state index is 11.8. The van der Waals surface area contributed by atoms with E-state index in [-0.39, 0.29) is 29.9 Å². The average molecular weight is 504 g/mol. The normalized spacial score (nSPS) is 14.1. The van der Waals surface area contributed by atoms with Crippen molar-refractivity contribution in [2.24, 2.45) is 4.99 Å². The van der Waals surface area contributed by atoms with Gasteiger partial charge in [0.2, 0.25) is 5.91 Å². The molecule has 1 amide bonds. The first-order chi connectivity index (χ1) is 13.2. The second kappa shape index (κ2) is 14.6. The molecule has 1 saturated heterocycles. The van der Waals surface area contributed by atoms with Crippen LogP contribution in [0.15, 0.2) is 29.3 Å². The van der Waals surface area contributed by atoms with Crippen LogP contribution in [0, 0.1) is 0 Å². The molecule has 8 heteroatoms. The van der Waals surface area contributed by atoms with Gasteiger partial charge in [-0.05, 0) is 37.5 Å². The number of anilines is 1. The lowest BCUT2D eigenvalue weighted by atomic mass is 10.2. The summed E-state index contributed by atoms with van der Waals surface area (Å²) in [6, 6.07) is 8.09. The predicted octanol–water partition coefficient (Wildman–Crippen LogP) is 2.54. The number of halogens is 1. The number of hydrogen-bond acceptors (Lipinski definition) is 4. The summed E-state index contributed by atoms with van der Waals surface area (Å²) in [5, 5.41) is 6.57. The highest BCUT2D eigenvalue weighted by molar-refractivity contribution is 14.0. The van der Waals surface area contributed by atoms with Crippen LogP contribution in [0.5, 0.6) is 0 Å². The van der Waals surface area contributed by atoms with Gasteiger partial charge in [-0.15, -0.1) is 24.0 Å². The van der Waals surface area contributed by atoms with Crippen molar-refractivity contribution in [2.45, 2.75) is 32.7 Å². The lowest BCUT2D eigenvalue weighted by Gasteiger charge is -2.16. The van der Waals surface area contributed by atoms with Crippen molar-refractivity contribution in [2.75, 3.05) is 51.5 Å². The molecular formula is C20H33IN4O3. The zero-order valence-electron chi connectivity index (χ0n) is 16.9. The SMILES string of the molecule is CCNC(=NCc1ccc(N2CCCC2=O)cc1)NCCCOCCOC.I. The summed E-state index contributed by atoms with van der Waals surface area (Å²) in [7, 11) is 1.67. The highest BCUT2D eigenvalue weighted by Crippen LogP contribution is 2.21. The van der Waals surface area contributed by atoms with Gasteiger partial charge in [0, 0.05) is 45.5 Å². The van der Waals surface area contributed by atoms with E-state index in [4.69, 9.17) is 9.47 Å². The highest BCUT2D eigenvalue weighted by Gasteiger charge is 2.21. The molecule has 0 aromatic heterocycles. The molecule has 1 aliphatic heterocycles. The van der Waals surface area contributed by atoms with Gasteiger partial charge in [0.25, 0.3) is 0 Å². The van der Waals surface area contributed by atoms with E-state index in [0.717, 1.165) is 49.7 Å². The van der Waals surface area contributed by atoms with Crippen LogP contribution in [0.2, 0.25) is 0 Å². The van der Waals surface area contributed by atoms with Crippen molar-refractivity contribution in [3.05, 3.63) is 29.8 Å². The third-order valence-electron chi connectivity index (χ3n) is 4.28. The van der Waals surface area contributed by atoms with E-state index in [9.17, 15) is 4.79 Å². The fourth-order valence-electron chi connectivity index (χ4n) is 2.84. The zero-order valence-corrected chi connectivity index (χ0v) is 19.2. The number of benzene rings is 1. The number of guanidine groups is 1. The molecule has 0 radical (unpaired) electrons. The van der Waals surface area contributed by atoms with Crippen molar-refractivity contribution in [3.8, 4) is 0 Å². The monoisotopic (exact) mass is 504 g/mol. The minimum absolute atomic E-state index is 0. The van der Waals surface area contributed by atoms with E-state index in [0.29, 0.717) is 32.8 Å². The Balaban J connectivity index is 0.00000392. The molecule has 28 heavy (non-hydrogen) atoms. The Kier molecular flexibility index (Phi) is 12.8. The van der Waals surface area contributed by atoms with Gasteiger partial charge in [-0.25, -0.2) is 4.99 Å². The summed E-state index contributed by atoms with van der Waals surface area (Å²) in [4.78, 5) is 18.3. The first-order valence-corrected chi connectivity index (χ1v) is 9.72. The number of nitrogens with zero attached hydrogens (tertiary/aromatic N) is 2. The third kappa shape index (κ3) is 8.74. The van der Waals surface area contributed by atoms with Crippen LogP contribution < -0.4 is 15.5 Å². The second-order valence-corrected chi connectivity index (χ2v) is 6.40. The second-order valence-electron chi connectivity index (χ2n) is 6.40. The van der Waals surface area contributed by atoms with Gasteiger partial charge >= 0.3 is 0 Å². The molecule has 1 heterocycles. The standard InChI is InChI=1S/C20H32N4O3.HI/c1-3-21-20(22-11-5-13-27-15-14-26-2)23-16-17-7-9-18(10-8-17)24-12-4-6-19(24)25;/h7-10H,3-6,11-16H2,1-2H3,(H2,21,22,23);1H. The van der Waals surface area contributed by atoms with E-state index in [1.807, 2.05) is 36.1 Å². The Morgan fingerprint density at radius 2 is 1.96 bits per heavy atom. The quantitative estimate of drug-likeness (QED) is 0.210. The zero-order chi connectivity index (χ0) is 19.3.